The van der Waals surface area contributed by atoms with Crippen molar-refractivity contribution in [2.45, 2.75) is 26.6 Å². The highest BCUT2D eigenvalue weighted by molar-refractivity contribution is 6.10. The van der Waals surface area contributed by atoms with Crippen molar-refractivity contribution < 1.29 is 33.3 Å². The summed E-state index contributed by atoms with van der Waals surface area (Å²) in [6.45, 7) is 3.43. The Balaban J connectivity index is 1.47. The van der Waals surface area contributed by atoms with Gasteiger partial charge >= 0.3 is 5.97 Å². The molecule has 1 unspecified atom stereocenters. The molecule has 8 nitrogen and oxygen atoms in total. The lowest BCUT2D eigenvalue weighted by Crippen LogP contribution is -2.24. The molecule has 0 aliphatic carbocycles. The lowest BCUT2D eigenvalue weighted by atomic mass is 10.0. The third-order valence-electron chi connectivity index (χ3n) is 5.49. The quantitative estimate of drug-likeness (QED) is 0.300. The van der Waals surface area contributed by atoms with Gasteiger partial charge in [-0.05, 0) is 62.4 Å². The summed E-state index contributed by atoms with van der Waals surface area (Å²) < 4.78 is 22.3. The number of methoxy groups -OCH3 is 1. The molecule has 184 valence electrons. The monoisotopic (exact) mass is 487 g/mol. The number of rotatable bonds is 10. The van der Waals surface area contributed by atoms with Gasteiger partial charge in [-0.1, -0.05) is 18.2 Å². The van der Waals surface area contributed by atoms with Gasteiger partial charge in [-0.3, -0.25) is 4.79 Å². The Morgan fingerprint density at radius 3 is 2.36 bits per heavy atom. The van der Waals surface area contributed by atoms with Crippen molar-refractivity contribution in [3.8, 4) is 28.7 Å². The molecule has 1 aromatic heterocycles. The van der Waals surface area contributed by atoms with Gasteiger partial charge in [0.05, 0.1) is 12.7 Å². The molecule has 8 heteroatoms. The predicted octanol–water partition coefficient (Wildman–Crippen LogP) is 5.32. The first-order chi connectivity index (χ1) is 17.4. The number of ether oxygens (including phenoxy) is 3. The zero-order valence-electron chi connectivity index (χ0n) is 20.1. The summed E-state index contributed by atoms with van der Waals surface area (Å²) in [4.78, 5) is 28.9. The van der Waals surface area contributed by atoms with E-state index in [1.165, 1.54) is 20.1 Å². The number of carboxylic acid groups (broad SMARTS) is 1. The van der Waals surface area contributed by atoms with E-state index >= 15 is 0 Å². The maximum atomic E-state index is 13.2. The smallest absolute Gasteiger partial charge is 0.344 e. The number of carboxylic acids is 1. The molecule has 0 bridgehead atoms. The van der Waals surface area contributed by atoms with Crippen LogP contribution in [0.1, 0.15) is 34.3 Å². The number of hydrogen-bond acceptors (Lipinski definition) is 7. The van der Waals surface area contributed by atoms with Gasteiger partial charge in [0.2, 0.25) is 5.89 Å². The van der Waals surface area contributed by atoms with E-state index in [-0.39, 0.29) is 23.7 Å². The Morgan fingerprint density at radius 2 is 1.69 bits per heavy atom. The van der Waals surface area contributed by atoms with Crippen molar-refractivity contribution in [3.63, 3.8) is 0 Å². The second-order valence-electron chi connectivity index (χ2n) is 7.99. The van der Waals surface area contributed by atoms with Crippen molar-refractivity contribution in [2.24, 2.45) is 0 Å². The van der Waals surface area contributed by atoms with Crippen LogP contribution in [0.15, 0.2) is 77.2 Å². The fourth-order valence-electron chi connectivity index (χ4n) is 3.43. The van der Waals surface area contributed by atoms with Crippen LogP contribution in [0.25, 0.3) is 11.5 Å². The highest BCUT2D eigenvalue weighted by Gasteiger charge is 2.20. The van der Waals surface area contributed by atoms with E-state index < -0.39 is 12.1 Å². The van der Waals surface area contributed by atoms with Crippen LogP contribution in [-0.4, -0.2) is 35.1 Å². The zero-order valence-corrected chi connectivity index (χ0v) is 20.1. The molecule has 0 spiro atoms. The SMILES string of the molecule is COc1ccc(C(=O)c2ccc(OCc3nc(-c4ccccc4)oc3C)cc2)c(OC(C)C(=O)O)c1. The van der Waals surface area contributed by atoms with E-state index in [9.17, 15) is 14.7 Å². The number of benzene rings is 3. The standard InChI is InChI=1S/C28H25NO7/c1-17-24(29-27(36-17)20-7-5-4-6-8-20)16-34-21-11-9-19(10-12-21)26(30)23-14-13-22(33-3)15-25(23)35-18(2)28(31)32/h4-15,18H,16H2,1-3H3,(H,31,32). The number of hydrogen-bond donors (Lipinski definition) is 1. The molecule has 0 aliphatic rings. The second-order valence-corrected chi connectivity index (χ2v) is 7.99. The molecular weight excluding hydrogens is 462 g/mol. The zero-order chi connectivity index (χ0) is 25.7. The molecule has 1 atom stereocenters. The normalized spacial score (nSPS) is 11.5. The summed E-state index contributed by atoms with van der Waals surface area (Å²) in [6, 6.07) is 20.9. The first-order valence-corrected chi connectivity index (χ1v) is 11.2. The fraction of sp³-hybridized carbons (Fsp3) is 0.179. The van der Waals surface area contributed by atoms with Gasteiger partial charge in [-0.15, -0.1) is 0 Å². The van der Waals surface area contributed by atoms with Crippen molar-refractivity contribution in [1.82, 2.24) is 4.98 Å². The average Bonchev–Trinajstić information content (AvgIpc) is 3.28. The number of aliphatic carboxylic acids is 1. The van der Waals surface area contributed by atoms with Gasteiger partial charge in [0.1, 0.15) is 35.3 Å². The summed E-state index contributed by atoms with van der Waals surface area (Å²) in [6.07, 6.45) is -1.14. The molecule has 36 heavy (non-hydrogen) atoms. The van der Waals surface area contributed by atoms with E-state index in [4.69, 9.17) is 18.6 Å². The minimum absolute atomic E-state index is 0.130. The molecule has 1 heterocycles. The average molecular weight is 488 g/mol. The van der Waals surface area contributed by atoms with Crippen LogP contribution in [0, 0.1) is 6.92 Å². The van der Waals surface area contributed by atoms with Crippen molar-refractivity contribution in [1.29, 1.82) is 0 Å². The molecule has 0 aliphatic heterocycles. The summed E-state index contributed by atoms with van der Waals surface area (Å²) in [5.74, 6) is 0.867. The van der Waals surface area contributed by atoms with Crippen LogP contribution in [-0.2, 0) is 11.4 Å². The second kappa shape index (κ2) is 10.8. The van der Waals surface area contributed by atoms with Gasteiger partial charge in [-0.2, -0.15) is 0 Å². The molecule has 4 rings (SSSR count). The third-order valence-corrected chi connectivity index (χ3v) is 5.49. The van der Waals surface area contributed by atoms with Crippen molar-refractivity contribution >= 4 is 11.8 Å². The molecular formula is C28H25NO7. The highest BCUT2D eigenvalue weighted by Crippen LogP contribution is 2.29. The minimum Gasteiger partial charge on any atom is -0.497 e. The summed E-state index contributed by atoms with van der Waals surface area (Å²) >= 11 is 0. The van der Waals surface area contributed by atoms with Crippen LogP contribution >= 0.6 is 0 Å². The number of nitrogens with zero attached hydrogens (tertiary/aromatic N) is 1. The number of oxazole rings is 1. The molecule has 0 fully saturated rings. The minimum atomic E-state index is -1.14. The maximum Gasteiger partial charge on any atom is 0.344 e. The van der Waals surface area contributed by atoms with E-state index in [0.717, 1.165) is 5.56 Å². The molecule has 0 amide bonds. The Labute approximate surface area is 208 Å². The summed E-state index contributed by atoms with van der Waals surface area (Å²) in [7, 11) is 1.48. The molecule has 0 saturated carbocycles. The van der Waals surface area contributed by atoms with Crippen molar-refractivity contribution in [3.05, 3.63) is 95.4 Å². The Bertz CT molecular complexity index is 1360. The van der Waals surface area contributed by atoms with Gasteiger partial charge < -0.3 is 23.7 Å². The molecule has 3 aromatic carbocycles. The van der Waals surface area contributed by atoms with Gasteiger partial charge in [-0.25, -0.2) is 9.78 Å². The number of ketones is 1. The number of aromatic nitrogens is 1. The maximum absolute atomic E-state index is 13.2. The highest BCUT2D eigenvalue weighted by atomic mass is 16.5. The molecule has 1 N–H and O–H groups in total. The summed E-state index contributed by atoms with van der Waals surface area (Å²) in [5.41, 5.74) is 2.18. The first kappa shape index (κ1) is 24.5. The van der Waals surface area contributed by atoms with Crippen LogP contribution in [0.4, 0.5) is 0 Å². The van der Waals surface area contributed by atoms with Gasteiger partial charge in [0, 0.05) is 17.2 Å². The predicted molar refractivity (Wildman–Crippen MR) is 132 cm³/mol. The number of carbonyl (C=O) groups is 2. The van der Waals surface area contributed by atoms with Gasteiger partial charge in [0.25, 0.3) is 0 Å². The Hall–Kier alpha value is -4.59. The van der Waals surface area contributed by atoms with Crippen LogP contribution in [0.2, 0.25) is 0 Å². The van der Waals surface area contributed by atoms with Crippen molar-refractivity contribution in [2.75, 3.05) is 7.11 Å². The third kappa shape index (κ3) is 5.55. The van der Waals surface area contributed by atoms with Crippen LogP contribution < -0.4 is 14.2 Å². The van der Waals surface area contributed by atoms with E-state index in [1.54, 1.807) is 36.4 Å². The molecule has 0 saturated heterocycles. The first-order valence-electron chi connectivity index (χ1n) is 11.2. The molecule has 4 aromatic rings. The number of carbonyl (C=O) groups excluding carboxylic acids is 1. The van der Waals surface area contributed by atoms with E-state index in [0.29, 0.717) is 34.4 Å². The Morgan fingerprint density at radius 1 is 1.00 bits per heavy atom. The number of aryl methyl sites for hydroxylation is 1. The van der Waals surface area contributed by atoms with Crippen LogP contribution in [0.5, 0.6) is 17.2 Å². The fourth-order valence-corrected chi connectivity index (χ4v) is 3.43. The van der Waals surface area contributed by atoms with E-state index in [1.807, 2.05) is 37.3 Å². The Kier molecular flexibility index (Phi) is 7.34. The van der Waals surface area contributed by atoms with E-state index in [2.05, 4.69) is 4.98 Å². The lowest BCUT2D eigenvalue weighted by Gasteiger charge is -2.15. The topological polar surface area (TPSA) is 108 Å². The lowest BCUT2D eigenvalue weighted by molar-refractivity contribution is -0.144. The summed E-state index contributed by atoms with van der Waals surface area (Å²) in [5, 5.41) is 9.19. The van der Waals surface area contributed by atoms with Gasteiger partial charge in [0.15, 0.2) is 11.9 Å². The van der Waals surface area contributed by atoms with Crippen LogP contribution in [0.3, 0.4) is 0 Å². The molecule has 0 radical (unpaired) electrons. The largest absolute Gasteiger partial charge is 0.497 e.